The predicted molar refractivity (Wildman–Crippen MR) is 85.6 cm³/mol. The van der Waals surface area contributed by atoms with E-state index in [0.717, 1.165) is 5.56 Å². The Morgan fingerprint density at radius 1 is 1.18 bits per heavy atom. The number of hydrogen-bond donors (Lipinski definition) is 4. The number of amides is 1. The highest BCUT2D eigenvalue weighted by atomic mass is 16.3. The second kappa shape index (κ2) is 7.59. The van der Waals surface area contributed by atoms with Gasteiger partial charge in [0.25, 0.3) is 0 Å². The first-order valence-electron chi connectivity index (χ1n) is 7.07. The van der Waals surface area contributed by atoms with Crippen LogP contribution < -0.4 is 10.6 Å². The topological polar surface area (TPSA) is 81.6 Å². The number of aromatic hydroxyl groups is 1. The van der Waals surface area contributed by atoms with Gasteiger partial charge in [-0.25, -0.2) is 0 Å². The first-order valence-corrected chi connectivity index (χ1v) is 7.07. The van der Waals surface area contributed by atoms with Gasteiger partial charge in [0.15, 0.2) is 0 Å². The Kier molecular flexibility index (Phi) is 5.52. The van der Waals surface area contributed by atoms with Crippen LogP contribution in [0.3, 0.4) is 0 Å². The van der Waals surface area contributed by atoms with Crippen molar-refractivity contribution in [3.8, 4) is 5.75 Å². The van der Waals surface area contributed by atoms with Crippen LogP contribution in [0.2, 0.25) is 0 Å². The van der Waals surface area contributed by atoms with Gasteiger partial charge >= 0.3 is 0 Å². The largest absolute Gasteiger partial charge is 0.506 e. The summed E-state index contributed by atoms with van der Waals surface area (Å²) < 4.78 is 0. The standard InChI is InChI=1S/C17H20N2O3/c1-12-2-4-13(5-3-12)9-18-10-17(22)14-6-7-16(21)15(8-14)19-11-20/h2-8,11,17-18,21-22H,9-10H2,1H3,(H,19,20). The van der Waals surface area contributed by atoms with Crippen LogP contribution in [0.4, 0.5) is 5.69 Å². The number of nitrogens with one attached hydrogen (secondary N) is 2. The SMILES string of the molecule is Cc1ccc(CNCC(O)c2ccc(O)c(NC=O)c2)cc1. The highest BCUT2D eigenvalue weighted by Gasteiger charge is 2.10. The Bertz CT molecular complexity index is 626. The Labute approximate surface area is 129 Å². The molecule has 1 amide bonds. The van der Waals surface area contributed by atoms with Gasteiger partial charge in [0.05, 0.1) is 11.8 Å². The molecule has 116 valence electrons. The maximum absolute atomic E-state index is 10.5. The van der Waals surface area contributed by atoms with Gasteiger partial charge in [0.2, 0.25) is 6.41 Å². The van der Waals surface area contributed by atoms with Crippen molar-refractivity contribution in [3.63, 3.8) is 0 Å². The number of carbonyl (C=O) groups excluding carboxylic acids is 1. The van der Waals surface area contributed by atoms with Crippen molar-refractivity contribution in [1.29, 1.82) is 0 Å². The predicted octanol–water partition coefficient (Wildman–Crippen LogP) is 2.09. The van der Waals surface area contributed by atoms with E-state index in [1.807, 2.05) is 31.2 Å². The molecule has 1 atom stereocenters. The van der Waals surface area contributed by atoms with E-state index in [1.165, 1.54) is 11.6 Å². The zero-order valence-corrected chi connectivity index (χ0v) is 12.4. The Morgan fingerprint density at radius 3 is 2.59 bits per heavy atom. The van der Waals surface area contributed by atoms with Crippen LogP contribution in [-0.4, -0.2) is 23.2 Å². The second-order valence-corrected chi connectivity index (χ2v) is 5.17. The average Bonchev–Trinajstić information content (AvgIpc) is 2.51. The van der Waals surface area contributed by atoms with Gasteiger partial charge in [-0.2, -0.15) is 0 Å². The van der Waals surface area contributed by atoms with Crippen molar-refractivity contribution in [3.05, 3.63) is 59.2 Å². The smallest absolute Gasteiger partial charge is 0.211 e. The van der Waals surface area contributed by atoms with Crippen molar-refractivity contribution < 1.29 is 15.0 Å². The van der Waals surface area contributed by atoms with E-state index in [4.69, 9.17) is 0 Å². The summed E-state index contributed by atoms with van der Waals surface area (Å²) in [6.07, 6.45) is -0.237. The fraction of sp³-hybridized carbons (Fsp3) is 0.235. The molecule has 0 saturated heterocycles. The van der Waals surface area contributed by atoms with E-state index in [0.29, 0.717) is 25.1 Å². The quantitative estimate of drug-likeness (QED) is 0.466. The van der Waals surface area contributed by atoms with Gasteiger partial charge in [-0.1, -0.05) is 35.9 Å². The normalized spacial score (nSPS) is 11.9. The number of benzene rings is 2. The zero-order valence-electron chi connectivity index (χ0n) is 12.4. The molecule has 0 saturated carbocycles. The first-order chi connectivity index (χ1) is 10.6. The maximum atomic E-state index is 10.5. The molecule has 4 N–H and O–H groups in total. The molecule has 0 heterocycles. The van der Waals surface area contributed by atoms with E-state index in [9.17, 15) is 15.0 Å². The molecular weight excluding hydrogens is 280 g/mol. The number of aliphatic hydroxyl groups is 1. The third kappa shape index (κ3) is 4.31. The monoisotopic (exact) mass is 300 g/mol. The summed E-state index contributed by atoms with van der Waals surface area (Å²) in [5, 5.41) is 25.3. The minimum atomic E-state index is -0.724. The lowest BCUT2D eigenvalue weighted by molar-refractivity contribution is -0.105. The third-order valence-corrected chi connectivity index (χ3v) is 3.41. The van der Waals surface area contributed by atoms with Crippen LogP contribution >= 0.6 is 0 Å². The lowest BCUT2D eigenvalue weighted by atomic mass is 10.1. The third-order valence-electron chi connectivity index (χ3n) is 3.41. The number of anilines is 1. The van der Waals surface area contributed by atoms with Crippen molar-refractivity contribution in [1.82, 2.24) is 5.32 Å². The summed E-state index contributed by atoms with van der Waals surface area (Å²) in [5.41, 5.74) is 3.26. The van der Waals surface area contributed by atoms with E-state index < -0.39 is 6.10 Å². The molecular formula is C17H20N2O3. The molecule has 0 aliphatic rings. The van der Waals surface area contributed by atoms with E-state index >= 15 is 0 Å². The van der Waals surface area contributed by atoms with Gasteiger partial charge in [-0.3, -0.25) is 4.79 Å². The Morgan fingerprint density at radius 2 is 1.91 bits per heavy atom. The molecule has 0 bridgehead atoms. The molecule has 22 heavy (non-hydrogen) atoms. The summed E-state index contributed by atoms with van der Waals surface area (Å²) in [6, 6.07) is 12.8. The fourth-order valence-corrected chi connectivity index (χ4v) is 2.12. The first kappa shape index (κ1) is 16.0. The second-order valence-electron chi connectivity index (χ2n) is 5.17. The van der Waals surface area contributed by atoms with Gasteiger partial charge in [0, 0.05) is 13.1 Å². The molecule has 0 aromatic heterocycles. The van der Waals surface area contributed by atoms with E-state index in [2.05, 4.69) is 10.6 Å². The summed E-state index contributed by atoms with van der Waals surface area (Å²) >= 11 is 0. The highest BCUT2D eigenvalue weighted by molar-refractivity contribution is 5.75. The molecule has 2 rings (SSSR count). The molecule has 0 fully saturated rings. The number of aryl methyl sites for hydroxylation is 1. The number of phenols is 1. The number of aliphatic hydroxyl groups excluding tert-OH is 1. The van der Waals surface area contributed by atoms with Crippen LogP contribution in [0.25, 0.3) is 0 Å². The van der Waals surface area contributed by atoms with Crippen LogP contribution in [-0.2, 0) is 11.3 Å². The van der Waals surface area contributed by atoms with Gasteiger partial charge in [-0.15, -0.1) is 0 Å². The molecule has 0 spiro atoms. The van der Waals surface area contributed by atoms with E-state index in [1.54, 1.807) is 12.1 Å². The molecule has 2 aromatic rings. The lowest BCUT2D eigenvalue weighted by Crippen LogP contribution is -2.21. The van der Waals surface area contributed by atoms with Crippen LogP contribution in [0.15, 0.2) is 42.5 Å². The molecule has 5 nitrogen and oxygen atoms in total. The van der Waals surface area contributed by atoms with E-state index in [-0.39, 0.29) is 11.4 Å². The molecule has 0 aliphatic carbocycles. The molecule has 1 unspecified atom stereocenters. The number of carbonyl (C=O) groups is 1. The van der Waals surface area contributed by atoms with Crippen molar-refractivity contribution >= 4 is 12.1 Å². The lowest BCUT2D eigenvalue weighted by Gasteiger charge is -2.14. The minimum Gasteiger partial charge on any atom is -0.506 e. The molecule has 0 radical (unpaired) electrons. The van der Waals surface area contributed by atoms with Crippen LogP contribution in [0.5, 0.6) is 5.75 Å². The van der Waals surface area contributed by atoms with Gasteiger partial charge < -0.3 is 20.8 Å². The molecule has 2 aromatic carbocycles. The average molecular weight is 300 g/mol. The fourth-order valence-electron chi connectivity index (χ4n) is 2.12. The molecule has 5 heteroatoms. The molecule has 0 aliphatic heterocycles. The van der Waals surface area contributed by atoms with Crippen LogP contribution in [0.1, 0.15) is 22.8 Å². The summed E-state index contributed by atoms with van der Waals surface area (Å²) in [6.45, 7) is 3.07. The Balaban J connectivity index is 1.91. The number of hydrogen-bond acceptors (Lipinski definition) is 4. The minimum absolute atomic E-state index is 0.0318. The van der Waals surface area contributed by atoms with Crippen molar-refractivity contribution in [2.45, 2.75) is 19.6 Å². The van der Waals surface area contributed by atoms with Gasteiger partial charge in [-0.05, 0) is 30.2 Å². The maximum Gasteiger partial charge on any atom is 0.211 e. The summed E-state index contributed by atoms with van der Waals surface area (Å²) in [4.78, 5) is 10.5. The number of phenolic OH excluding ortho intramolecular Hbond substituents is 1. The van der Waals surface area contributed by atoms with Crippen molar-refractivity contribution in [2.24, 2.45) is 0 Å². The summed E-state index contributed by atoms with van der Waals surface area (Å²) in [5.74, 6) is -0.0318. The zero-order chi connectivity index (χ0) is 15.9. The van der Waals surface area contributed by atoms with Gasteiger partial charge in [0.1, 0.15) is 5.75 Å². The highest BCUT2D eigenvalue weighted by Crippen LogP contribution is 2.26. The van der Waals surface area contributed by atoms with Crippen molar-refractivity contribution in [2.75, 3.05) is 11.9 Å². The van der Waals surface area contributed by atoms with Crippen LogP contribution in [0, 0.1) is 6.92 Å². The number of rotatable bonds is 7. The summed E-state index contributed by atoms with van der Waals surface area (Å²) in [7, 11) is 0. The Hall–Kier alpha value is -2.37.